The lowest BCUT2D eigenvalue weighted by Crippen LogP contribution is -2.40. The molecule has 1 atom stereocenters. The molecule has 6 nitrogen and oxygen atoms in total. The minimum Gasteiger partial charge on any atom is -0.376 e. The summed E-state index contributed by atoms with van der Waals surface area (Å²) in [4.78, 5) is 29.4. The highest BCUT2D eigenvalue weighted by Crippen LogP contribution is 2.17. The molecular formula is C19H24N2O4. The second-order valence-electron chi connectivity index (χ2n) is 6.56. The first-order valence-electron chi connectivity index (χ1n) is 8.57. The van der Waals surface area contributed by atoms with E-state index < -0.39 is 0 Å². The van der Waals surface area contributed by atoms with Crippen LogP contribution < -0.4 is 5.56 Å². The summed E-state index contributed by atoms with van der Waals surface area (Å²) < 4.78 is 10.6. The highest BCUT2D eigenvalue weighted by atomic mass is 16.5. The maximum Gasteiger partial charge on any atom is 0.253 e. The van der Waals surface area contributed by atoms with Crippen LogP contribution in [0.1, 0.15) is 24.0 Å². The molecule has 1 N–H and O–H groups in total. The summed E-state index contributed by atoms with van der Waals surface area (Å²) in [5.41, 5.74) is 2.32. The van der Waals surface area contributed by atoms with Crippen LogP contribution >= 0.6 is 0 Å². The molecule has 1 aliphatic heterocycles. The number of pyridine rings is 1. The van der Waals surface area contributed by atoms with E-state index in [0.29, 0.717) is 12.1 Å². The highest BCUT2D eigenvalue weighted by molar-refractivity contribution is 5.80. The lowest BCUT2D eigenvalue weighted by molar-refractivity contribution is -0.137. The molecular weight excluding hydrogens is 320 g/mol. The largest absolute Gasteiger partial charge is 0.376 e. The first kappa shape index (κ1) is 17.6. The number of ether oxygens (including phenoxy) is 2. The van der Waals surface area contributed by atoms with E-state index in [1.54, 1.807) is 4.90 Å². The van der Waals surface area contributed by atoms with Crippen molar-refractivity contribution in [2.24, 2.45) is 0 Å². The molecule has 1 amide bonds. The van der Waals surface area contributed by atoms with Crippen LogP contribution in [0.15, 0.2) is 29.1 Å². The van der Waals surface area contributed by atoms with Crippen molar-refractivity contribution in [1.82, 2.24) is 9.88 Å². The summed E-state index contributed by atoms with van der Waals surface area (Å²) in [6.07, 6.45) is 1.97. The quantitative estimate of drug-likeness (QED) is 0.870. The average Bonchev–Trinajstić information content (AvgIpc) is 3.08. The number of benzene rings is 1. The molecule has 25 heavy (non-hydrogen) atoms. The third kappa shape index (κ3) is 4.27. The molecule has 1 aromatic heterocycles. The van der Waals surface area contributed by atoms with Crippen molar-refractivity contribution in [3.63, 3.8) is 0 Å². The molecule has 134 valence electrons. The third-order valence-corrected chi connectivity index (χ3v) is 4.51. The molecule has 3 rings (SSSR count). The number of rotatable bonds is 6. The molecule has 1 fully saturated rings. The SMILES string of the molecule is COCC(=O)N(Cc1cc2cc(C)ccc2[nH]c1=O)C[C@@H]1CCCO1. The Kier molecular flexibility index (Phi) is 5.50. The van der Waals surface area contributed by atoms with Crippen LogP contribution in [0.2, 0.25) is 0 Å². The van der Waals surface area contributed by atoms with Crippen LogP contribution in [0.3, 0.4) is 0 Å². The Morgan fingerprint density at radius 2 is 2.24 bits per heavy atom. The van der Waals surface area contributed by atoms with Gasteiger partial charge in [-0.2, -0.15) is 0 Å². The van der Waals surface area contributed by atoms with Crippen molar-refractivity contribution in [1.29, 1.82) is 0 Å². The van der Waals surface area contributed by atoms with E-state index in [1.165, 1.54) is 7.11 Å². The first-order valence-corrected chi connectivity index (χ1v) is 8.57. The molecule has 0 radical (unpaired) electrons. The second kappa shape index (κ2) is 7.80. The average molecular weight is 344 g/mol. The van der Waals surface area contributed by atoms with Crippen molar-refractivity contribution in [2.75, 3.05) is 26.9 Å². The summed E-state index contributed by atoms with van der Waals surface area (Å²) in [5.74, 6) is -0.137. The summed E-state index contributed by atoms with van der Waals surface area (Å²) >= 11 is 0. The fourth-order valence-electron chi connectivity index (χ4n) is 3.20. The monoisotopic (exact) mass is 344 g/mol. The van der Waals surface area contributed by atoms with Gasteiger partial charge in [0.25, 0.3) is 5.56 Å². The van der Waals surface area contributed by atoms with Gasteiger partial charge in [0, 0.05) is 31.3 Å². The van der Waals surface area contributed by atoms with E-state index in [-0.39, 0.29) is 30.7 Å². The van der Waals surface area contributed by atoms with Crippen LogP contribution in [-0.2, 0) is 20.8 Å². The lowest BCUT2D eigenvalue weighted by Gasteiger charge is -2.25. The Bertz CT molecular complexity index is 809. The number of fused-ring (bicyclic) bond motifs is 1. The molecule has 1 aromatic carbocycles. The zero-order chi connectivity index (χ0) is 17.8. The molecule has 2 heterocycles. The molecule has 1 saturated heterocycles. The lowest BCUT2D eigenvalue weighted by atomic mass is 10.1. The van der Waals surface area contributed by atoms with Crippen molar-refractivity contribution < 1.29 is 14.3 Å². The fraction of sp³-hybridized carbons (Fsp3) is 0.474. The summed E-state index contributed by atoms with van der Waals surface area (Å²) in [7, 11) is 1.49. The number of H-pyrrole nitrogens is 1. The Morgan fingerprint density at radius 1 is 1.40 bits per heavy atom. The van der Waals surface area contributed by atoms with Crippen LogP contribution in [0.5, 0.6) is 0 Å². The van der Waals surface area contributed by atoms with Crippen LogP contribution in [0.4, 0.5) is 0 Å². The molecule has 0 saturated carbocycles. The van der Waals surface area contributed by atoms with E-state index in [2.05, 4.69) is 4.98 Å². The number of hydrogen-bond acceptors (Lipinski definition) is 4. The maximum atomic E-state index is 12.4. The Balaban J connectivity index is 1.86. The zero-order valence-corrected chi connectivity index (χ0v) is 14.7. The molecule has 2 aromatic rings. The van der Waals surface area contributed by atoms with E-state index in [9.17, 15) is 9.59 Å². The number of hydrogen-bond donors (Lipinski definition) is 1. The normalized spacial score (nSPS) is 17.1. The van der Waals surface area contributed by atoms with Gasteiger partial charge in [0.05, 0.1) is 12.6 Å². The van der Waals surface area contributed by atoms with Gasteiger partial charge in [-0.1, -0.05) is 11.6 Å². The second-order valence-corrected chi connectivity index (χ2v) is 6.56. The predicted octanol–water partition coefficient (Wildman–Crippen LogP) is 1.99. The number of carbonyl (C=O) groups is 1. The number of aromatic amines is 1. The summed E-state index contributed by atoms with van der Waals surface area (Å²) in [5, 5.41) is 0.964. The van der Waals surface area contributed by atoms with Gasteiger partial charge >= 0.3 is 0 Å². The standard InChI is InChI=1S/C19H24N2O4/c1-13-5-6-17-14(8-13)9-15(19(23)20-17)10-21(18(22)12-24-2)11-16-4-3-7-25-16/h5-6,8-9,16H,3-4,7,10-12H2,1-2H3,(H,20,23)/t16-/m0/s1. The molecule has 6 heteroatoms. The smallest absolute Gasteiger partial charge is 0.253 e. The minimum absolute atomic E-state index is 0.00266. The van der Waals surface area contributed by atoms with Gasteiger partial charge < -0.3 is 19.4 Å². The number of nitrogens with one attached hydrogen (secondary N) is 1. The molecule has 0 aliphatic carbocycles. The molecule has 1 aliphatic rings. The van der Waals surface area contributed by atoms with E-state index in [4.69, 9.17) is 9.47 Å². The number of nitrogens with zero attached hydrogens (tertiary/aromatic N) is 1. The van der Waals surface area contributed by atoms with Gasteiger partial charge in [0.15, 0.2) is 0 Å². The molecule has 0 bridgehead atoms. The highest BCUT2D eigenvalue weighted by Gasteiger charge is 2.23. The topological polar surface area (TPSA) is 71.6 Å². The number of amides is 1. The van der Waals surface area contributed by atoms with Crippen molar-refractivity contribution in [2.45, 2.75) is 32.4 Å². The van der Waals surface area contributed by atoms with Gasteiger partial charge in [-0.25, -0.2) is 0 Å². The number of methoxy groups -OCH3 is 1. The van der Waals surface area contributed by atoms with Crippen LogP contribution in [0.25, 0.3) is 10.9 Å². The predicted molar refractivity (Wildman–Crippen MR) is 95.6 cm³/mol. The van der Waals surface area contributed by atoms with Gasteiger partial charge in [0.2, 0.25) is 5.91 Å². The minimum atomic E-state index is -0.168. The van der Waals surface area contributed by atoms with Crippen molar-refractivity contribution in [3.05, 3.63) is 45.7 Å². The van der Waals surface area contributed by atoms with Gasteiger partial charge in [-0.05, 0) is 43.4 Å². The Morgan fingerprint density at radius 3 is 2.96 bits per heavy atom. The zero-order valence-electron chi connectivity index (χ0n) is 14.7. The van der Waals surface area contributed by atoms with Crippen molar-refractivity contribution in [3.8, 4) is 0 Å². The number of aryl methyl sites for hydroxylation is 1. The summed E-state index contributed by atoms with van der Waals surface area (Å²) in [6, 6.07) is 7.75. The summed E-state index contributed by atoms with van der Waals surface area (Å²) in [6.45, 7) is 3.47. The molecule has 0 unspecified atom stereocenters. The number of carbonyl (C=O) groups excluding carboxylic acids is 1. The fourth-order valence-corrected chi connectivity index (χ4v) is 3.20. The van der Waals surface area contributed by atoms with Crippen LogP contribution in [-0.4, -0.2) is 48.8 Å². The first-order chi connectivity index (χ1) is 12.1. The Labute approximate surface area is 146 Å². The van der Waals surface area contributed by atoms with Gasteiger partial charge in [0.1, 0.15) is 6.61 Å². The Hall–Kier alpha value is -2.18. The van der Waals surface area contributed by atoms with Crippen molar-refractivity contribution >= 4 is 16.8 Å². The molecule has 0 spiro atoms. The van der Waals surface area contributed by atoms with Crippen LogP contribution in [0, 0.1) is 6.92 Å². The van der Waals surface area contributed by atoms with E-state index in [0.717, 1.165) is 35.9 Å². The van der Waals surface area contributed by atoms with E-state index in [1.807, 2.05) is 31.2 Å². The third-order valence-electron chi connectivity index (χ3n) is 4.51. The van der Waals surface area contributed by atoms with E-state index >= 15 is 0 Å². The van der Waals surface area contributed by atoms with Gasteiger partial charge in [-0.15, -0.1) is 0 Å². The van der Waals surface area contributed by atoms with Gasteiger partial charge in [-0.3, -0.25) is 9.59 Å². The number of aromatic nitrogens is 1. The maximum absolute atomic E-state index is 12.4.